The first-order valence-corrected chi connectivity index (χ1v) is 10.5. The Labute approximate surface area is 177 Å². The van der Waals surface area contributed by atoms with Gasteiger partial charge in [0.25, 0.3) is 0 Å². The van der Waals surface area contributed by atoms with Crippen LogP contribution in [0.5, 0.6) is 5.75 Å². The molecule has 156 valence electrons. The van der Waals surface area contributed by atoms with Crippen LogP contribution in [-0.4, -0.2) is 40.2 Å². The number of nitrogens with one attached hydrogen (secondary N) is 1. The van der Waals surface area contributed by atoms with Gasteiger partial charge in [-0.05, 0) is 38.3 Å². The number of rotatable bonds is 6. The summed E-state index contributed by atoms with van der Waals surface area (Å²) in [6.07, 6.45) is 2.90. The lowest BCUT2D eigenvalue weighted by Crippen LogP contribution is -2.33. The number of imidazole rings is 1. The second-order valence-corrected chi connectivity index (χ2v) is 7.66. The first-order valence-electron chi connectivity index (χ1n) is 10.5. The third kappa shape index (κ3) is 4.32. The predicted octanol–water partition coefficient (Wildman–Crippen LogP) is 4.81. The van der Waals surface area contributed by atoms with Gasteiger partial charge in [0, 0.05) is 37.1 Å². The van der Waals surface area contributed by atoms with E-state index in [1.54, 1.807) is 0 Å². The molecule has 2 heterocycles. The summed E-state index contributed by atoms with van der Waals surface area (Å²) < 4.78 is 7.89. The molecule has 6 heteroatoms. The molecule has 2 amide bonds. The van der Waals surface area contributed by atoms with Gasteiger partial charge >= 0.3 is 6.03 Å². The van der Waals surface area contributed by atoms with Crippen LogP contribution < -0.4 is 10.1 Å². The number of ether oxygens (including phenoxy) is 1. The number of para-hydroxylation sites is 2. The molecule has 6 nitrogen and oxygen atoms in total. The summed E-state index contributed by atoms with van der Waals surface area (Å²) in [5.41, 5.74) is 2.97. The number of benzene rings is 2. The Balaban J connectivity index is 1.41. The molecule has 2 aromatic carbocycles. The van der Waals surface area contributed by atoms with Crippen LogP contribution in [0.4, 0.5) is 10.5 Å². The van der Waals surface area contributed by atoms with E-state index >= 15 is 0 Å². The Hall–Kier alpha value is -3.28. The highest BCUT2D eigenvalue weighted by atomic mass is 16.5. The molecule has 30 heavy (non-hydrogen) atoms. The lowest BCUT2D eigenvalue weighted by atomic mass is 10.1. The minimum absolute atomic E-state index is 0.0738. The fourth-order valence-corrected chi connectivity index (χ4v) is 3.98. The van der Waals surface area contributed by atoms with Gasteiger partial charge in [0.1, 0.15) is 11.6 Å². The van der Waals surface area contributed by atoms with Crippen molar-refractivity contribution in [1.29, 1.82) is 0 Å². The van der Waals surface area contributed by atoms with Gasteiger partial charge < -0.3 is 19.5 Å². The van der Waals surface area contributed by atoms with Crippen LogP contribution in [0.3, 0.4) is 0 Å². The second-order valence-electron chi connectivity index (χ2n) is 7.66. The summed E-state index contributed by atoms with van der Waals surface area (Å²) in [4.78, 5) is 19.3. The highest BCUT2D eigenvalue weighted by Crippen LogP contribution is 2.27. The van der Waals surface area contributed by atoms with Gasteiger partial charge in [-0.1, -0.05) is 42.5 Å². The molecular weight excluding hydrogens is 376 g/mol. The Morgan fingerprint density at radius 1 is 1.17 bits per heavy atom. The first-order chi connectivity index (χ1) is 14.7. The zero-order chi connectivity index (χ0) is 20.9. The molecule has 1 aromatic heterocycles. The average Bonchev–Trinajstić information content (AvgIpc) is 3.38. The zero-order valence-electron chi connectivity index (χ0n) is 17.5. The topological polar surface area (TPSA) is 59.4 Å². The number of anilines is 1. The van der Waals surface area contributed by atoms with Crippen molar-refractivity contribution in [3.63, 3.8) is 0 Å². The van der Waals surface area contributed by atoms with Crippen molar-refractivity contribution in [1.82, 2.24) is 14.5 Å². The maximum Gasteiger partial charge on any atom is 0.321 e. The molecule has 1 aliphatic rings. The van der Waals surface area contributed by atoms with Crippen molar-refractivity contribution in [2.45, 2.75) is 26.8 Å². The summed E-state index contributed by atoms with van der Waals surface area (Å²) in [5.74, 6) is 2.08. The quantitative estimate of drug-likeness (QED) is 0.641. The van der Waals surface area contributed by atoms with Crippen molar-refractivity contribution in [2.75, 3.05) is 25.0 Å². The van der Waals surface area contributed by atoms with E-state index in [0.29, 0.717) is 24.0 Å². The van der Waals surface area contributed by atoms with E-state index in [2.05, 4.69) is 33.9 Å². The highest BCUT2D eigenvalue weighted by Gasteiger charge is 2.28. The molecule has 0 spiro atoms. The van der Waals surface area contributed by atoms with Gasteiger partial charge in [-0.2, -0.15) is 0 Å². The molecule has 1 fully saturated rings. The molecule has 3 aromatic rings. The lowest BCUT2D eigenvalue weighted by Gasteiger charge is -2.19. The van der Waals surface area contributed by atoms with E-state index in [0.717, 1.165) is 43.1 Å². The maximum atomic E-state index is 12.8. The van der Waals surface area contributed by atoms with Crippen LogP contribution in [0.2, 0.25) is 0 Å². The molecule has 1 N–H and O–H groups in total. The Bertz CT molecular complexity index is 999. The van der Waals surface area contributed by atoms with Crippen molar-refractivity contribution in [2.24, 2.45) is 5.92 Å². The summed E-state index contributed by atoms with van der Waals surface area (Å²) in [6.45, 7) is 6.92. The lowest BCUT2D eigenvalue weighted by molar-refractivity contribution is 0.220. The summed E-state index contributed by atoms with van der Waals surface area (Å²) >= 11 is 0. The van der Waals surface area contributed by atoms with E-state index in [1.165, 1.54) is 0 Å². The molecule has 1 unspecified atom stereocenters. The zero-order valence-corrected chi connectivity index (χ0v) is 17.5. The van der Waals surface area contributed by atoms with E-state index in [-0.39, 0.29) is 6.03 Å². The number of hydrogen-bond acceptors (Lipinski definition) is 3. The van der Waals surface area contributed by atoms with Gasteiger partial charge in [0.2, 0.25) is 0 Å². The molecule has 1 saturated heterocycles. The van der Waals surface area contributed by atoms with Crippen molar-refractivity contribution >= 4 is 11.7 Å². The minimum atomic E-state index is -0.0738. The third-order valence-electron chi connectivity index (χ3n) is 5.53. The Morgan fingerprint density at radius 2 is 1.93 bits per heavy atom. The van der Waals surface area contributed by atoms with Crippen LogP contribution in [0.25, 0.3) is 11.4 Å². The number of nitrogens with zero attached hydrogens (tertiary/aromatic N) is 3. The van der Waals surface area contributed by atoms with Crippen molar-refractivity contribution < 1.29 is 9.53 Å². The number of carbonyl (C=O) groups is 1. The summed E-state index contributed by atoms with van der Waals surface area (Å²) in [5, 5.41) is 3.01. The summed E-state index contributed by atoms with van der Waals surface area (Å²) in [6, 6.07) is 17.7. The minimum Gasteiger partial charge on any atom is -0.492 e. The largest absolute Gasteiger partial charge is 0.492 e. The fourth-order valence-electron chi connectivity index (χ4n) is 3.98. The number of carbonyl (C=O) groups excluding carboxylic acids is 1. The number of aryl methyl sites for hydroxylation is 1. The smallest absolute Gasteiger partial charge is 0.321 e. The Kier molecular flexibility index (Phi) is 6.02. The van der Waals surface area contributed by atoms with Crippen LogP contribution in [-0.2, 0) is 6.54 Å². The number of aromatic nitrogens is 2. The van der Waals surface area contributed by atoms with Crippen LogP contribution in [0.1, 0.15) is 19.0 Å². The molecule has 4 rings (SSSR count). The van der Waals surface area contributed by atoms with Crippen molar-refractivity contribution in [3.05, 3.63) is 66.5 Å². The number of amides is 2. The van der Waals surface area contributed by atoms with E-state index in [1.807, 2.05) is 60.5 Å². The second kappa shape index (κ2) is 9.03. The normalized spacial score (nSPS) is 15.9. The highest BCUT2D eigenvalue weighted by molar-refractivity contribution is 5.91. The van der Waals surface area contributed by atoms with Gasteiger partial charge in [0.05, 0.1) is 12.3 Å². The van der Waals surface area contributed by atoms with Gasteiger partial charge in [-0.15, -0.1) is 0 Å². The van der Waals surface area contributed by atoms with E-state index < -0.39 is 0 Å². The number of likely N-dealkylation sites (tertiary alicyclic amines) is 1. The molecule has 1 aliphatic heterocycles. The standard InChI is InChI=1S/C24H28N4O2/c1-3-30-22-12-8-7-11-21(22)26-24(29)27-14-13-19(16-27)17-28-18(2)15-25-23(28)20-9-5-4-6-10-20/h4-12,15,19H,3,13-14,16-17H2,1-2H3,(H,26,29). The van der Waals surface area contributed by atoms with Crippen LogP contribution >= 0.6 is 0 Å². The maximum absolute atomic E-state index is 12.8. The number of urea groups is 1. The Morgan fingerprint density at radius 3 is 2.73 bits per heavy atom. The van der Waals surface area contributed by atoms with Crippen LogP contribution in [0.15, 0.2) is 60.8 Å². The fraction of sp³-hybridized carbons (Fsp3) is 0.333. The molecule has 0 saturated carbocycles. The van der Waals surface area contributed by atoms with Gasteiger partial charge in [-0.3, -0.25) is 0 Å². The average molecular weight is 405 g/mol. The monoisotopic (exact) mass is 404 g/mol. The SMILES string of the molecule is CCOc1ccccc1NC(=O)N1CCC(Cn2c(C)cnc2-c2ccccc2)C1. The molecular formula is C24H28N4O2. The summed E-state index contributed by atoms with van der Waals surface area (Å²) in [7, 11) is 0. The number of hydrogen-bond donors (Lipinski definition) is 1. The van der Waals surface area contributed by atoms with E-state index in [4.69, 9.17) is 4.74 Å². The predicted molar refractivity (Wildman–Crippen MR) is 119 cm³/mol. The molecule has 0 radical (unpaired) electrons. The van der Waals surface area contributed by atoms with Crippen molar-refractivity contribution in [3.8, 4) is 17.1 Å². The van der Waals surface area contributed by atoms with E-state index in [9.17, 15) is 4.79 Å². The van der Waals surface area contributed by atoms with Gasteiger partial charge in [0.15, 0.2) is 0 Å². The molecule has 1 atom stereocenters. The molecule has 0 aliphatic carbocycles. The molecule has 0 bridgehead atoms. The third-order valence-corrected chi connectivity index (χ3v) is 5.53. The van der Waals surface area contributed by atoms with Crippen LogP contribution in [0, 0.1) is 12.8 Å². The first kappa shape index (κ1) is 20.0. The van der Waals surface area contributed by atoms with Gasteiger partial charge in [-0.25, -0.2) is 9.78 Å².